The molecule has 4 rings (SSSR count). The van der Waals surface area contributed by atoms with Crippen molar-refractivity contribution in [3.63, 3.8) is 0 Å². The molecule has 1 saturated heterocycles. The minimum atomic E-state index is -0.333. The number of ether oxygens (including phenoxy) is 1. The zero-order chi connectivity index (χ0) is 15.1. The summed E-state index contributed by atoms with van der Waals surface area (Å²) in [5.41, 5.74) is 0.687. The number of carbonyl (C=O) groups is 1. The van der Waals surface area contributed by atoms with Crippen LogP contribution in [0.25, 0.3) is 11.0 Å². The van der Waals surface area contributed by atoms with Crippen LogP contribution in [-0.4, -0.2) is 45.9 Å². The van der Waals surface area contributed by atoms with Gasteiger partial charge in [-0.1, -0.05) is 6.42 Å². The lowest BCUT2D eigenvalue weighted by atomic mass is 10.0. The second-order valence-electron chi connectivity index (χ2n) is 6.17. The van der Waals surface area contributed by atoms with Crippen molar-refractivity contribution in [2.24, 2.45) is 11.8 Å². The van der Waals surface area contributed by atoms with E-state index in [-0.39, 0.29) is 12.5 Å². The van der Waals surface area contributed by atoms with E-state index in [0.717, 1.165) is 36.1 Å². The van der Waals surface area contributed by atoms with Gasteiger partial charge in [0.25, 0.3) is 0 Å². The van der Waals surface area contributed by atoms with Crippen molar-refractivity contribution in [1.82, 2.24) is 19.7 Å². The average Bonchev–Trinajstić information content (AvgIpc) is 3.21. The third kappa shape index (κ3) is 2.12. The quantitative estimate of drug-likeness (QED) is 0.794. The Morgan fingerprint density at radius 1 is 1.32 bits per heavy atom. The number of esters is 1. The average molecular weight is 301 g/mol. The Morgan fingerprint density at radius 2 is 2.09 bits per heavy atom. The van der Waals surface area contributed by atoms with E-state index < -0.39 is 0 Å². The summed E-state index contributed by atoms with van der Waals surface area (Å²) in [7, 11) is 1.37. The SMILES string of the molecule is COC(=O)Cn1ncc2c(N3C[C@@H]4CCC[C@H]4C3)ncnc21. The zero-order valence-electron chi connectivity index (χ0n) is 12.6. The van der Waals surface area contributed by atoms with Crippen molar-refractivity contribution in [1.29, 1.82) is 0 Å². The van der Waals surface area contributed by atoms with Gasteiger partial charge in [0.2, 0.25) is 0 Å². The highest BCUT2D eigenvalue weighted by molar-refractivity contribution is 5.87. The standard InChI is InChI=1S/C15H19N5O2/c1-22-13(21)8-20-15-12(5-18-20)14(16-9-17-15)19-6-10-3-2-4-11(10)7-19/h5,9-11H,2-4,6-8H2,1H3/t10-,11-/m0/s1. The summed E-state index contributed by atoms with van der Waals surface area (Å²) in [6.45, 7) is 2.21. The van der Waals surface area contributed by atoms with E-state index in [0.29, 0.717) is 5.65 Å². The van der Waals surface area contributed by atoms with Gasteiger partial charge < -0.3 is 9.64 Å². The van der Waals surface area contributed by atoms with Gasteiger partial charge in [-0.15, -0.1) is 0 Å². The van der Waals surface area contributed by atoms with E-state index in [1.807, 2.05) is 0 Å². The van der Waals surface area contributed by atoms with Gasteiger partial charge in [0, 0.05) is 13.1 Å². The van der Waals surface area contributed by atoms with Crippen LogP contribution in [-0.2, 0) is 16.1 Å². The van der Waals surface area contributed by atoms with Crippen molar-refractivity contribution < 1.29 is 9.53 Å². The zero-order valence-corrected chi connectivity index (χ0v) is 12.6. The molecule has 0 aromatic carbocycles. The van der Waals surface area contributed by atoms with Gasteiger partial charge in [-0.2, -0.15) is 5.10 Å². The predicted octanol–water partition coefficient (Wildman–Crippen LogP) is 1.24. The Balaban J connectivity index is 1.66. The van der Waals surface area contributed by atoms with Crippen molar-refractivity contribution >= 4 is 22.8 Å². The number of hydrogen-bond acceptors (Lipinski definition) is 6. The van der Waals surface area contributed by atoms with Crippen molar-refractivity contribution in [3.05, 3.63) is 12.5 Å². The molecule has 1 aliphatic carbocycles. The molecule has 0 unspecified atom stereocenters. The number of aromatic nitrogens is 4. The summed E-state index contributed by atoms with van der Waals surface area (Å²) >= 11 is 0. The third-order valence-corrected chi connectivity index (χ3v) is 4.94. The number of hydrogen-bond donors (Lipinski definition) is 0. The molecule has 0 bridgehead atoms. The molecule has 2 atom stereocenters. The molecule has 0 amide bonds. The summed E-state index contributed by atoms with van der Waals surface area (Å²) in [5, 5.41) is 5.18. The van der Waals surface area contributed by atoms with Crippen LogP contribution in [0.4, 0.5) is 5.82 Å². The van der Waals surface area contributed by atoms with Gasteiger partial charge in [0.05, 0.1) is 18.7 Å². The molecule has 1 saturated carbocycles. The van der Waals surface area contributed by atoms with E-state index in [9.17, 15) is 4.79 Å². The van der Waals surface area contributed by atoms with Crippen molar-refractivity contribution in [2.45, 2.75) is 25.8 Å². The maximum Gasteiger partial charge on any atom is 0.327 e. The van der Waals surface area contributed by atoms with Crippen LogP contribution in [0.5, 0.6) is 0 Å². The lowest BCUT2D eigenvalue weighted by Crippen LogP contribution is -2.22. The maximum atomic E-state index is 11.5. The molecule has 22 heavy (non-hydrogen) atoms. The molecule has 3 heterocycles. The third-order valence-electron chi connectivity index (χ3n) is 4.94. The van der Waals surface area contributed by atoms with Crippen LogP contribution in [0, 0.1) is 11.8 Å². The van der Waals surface area contributed by atoms with Gasteiger partial charge in [0.1, 0.15) is 18.7 Å². The van der Waals surface area contributed by atoms with Gasteiger partial charge in [-0.3, -0.25) is 4.79 Å². The summed E-state index contributed by atoms with van der Waals surface area (Å²) in [4.78, 5) is 22.6. The summed E-state index contributed by atoms with van der Waals surface area (Å²) in [5.74, 6) is 2.21. The maximum absolute atomic E-state index is 11.5. The van der Waals surface area contributed by atoms with E-state index >= 15 is 0 Å². The molecular formula is C15H19N5O2. The first-order valence-electron chi connectivity index (χ1n) is 7.74. The van der Waals surface area contributed by atoms with E-state index in [1.165, 1.54) is 26.4 Å². The first-order chi connectivity index (χ1) is 10.8. The molecule has 2 aromatic rings. The Labute approximate surface area is 128 Å². The Bertz CT molecular complexity index is 701. The smallest absolute Gasteiger partial charge is 0.327 e. The molecule has 7 nitrogen and oxygen atoms in total. The second-order valence-corrected chi connectivity index (χ2v) is 6.17. The number of anilines is 1. The minimum absolute atomic E-state index is 0.0711. The fourth-order valence-corrected chi connectivity index (χ4v) is 3.84. The molecule has 2 aromatic heterocycles. The number of fused-ring (bicyclic) bond motifs is 2. The second kappa shape index (κ2) is 5.23. The molecule has 1 aliphatic heterocycles. The van der Waals surface area contributed by atoms with Crippen LogP contribution < -0.4 is 4.90 Å². The normalized spacial score (nSPS) is 24.0. The molecule has 7 heteroatoms. The lowest BCUT2D eigenvalue weighted by molar-refractivity contribution is -0.141. The van der Waals surface area contributed by atoms with Crippen LogP contribution >= 0.6 is 0 Å². The van der Waals surface area contributed by atoms with Crippen molar-refractivity contribution in [3.8, 4) is 0 Å². The van der Waals surface area contributed by atoms with Gasteiger partial charge in [-0.25, -0.2) is 14.6 Å². The fraction of sp³-hybridized carbons (Fsp3) is 0.600. The highest BCUT2D eigenvalue weighted by atomic mass is 16.5. The molecular weight excluding hydrogens is 282 g/mol. The van der Waals surface area contributed by atoms with Crippen LogP contribution in [0.3, 0.4) is 0 Å². The molecule has 2 fully saturated rings. The van der Waals surface area contributed by atoms with Crippen LogP contribution in [0.1, 0.15) is 19.3 Å². The van der Waals surface area contributed by atoms with Crippen LogP contribution in [0.15, 0.2) is 12.5 Å². The monoisotopic (exact) mass is 301 g/mol. The minimum Gasteiger partial charge on any atom is -0.468 e. The van der Waals surface area contributed by atoms with E-state index in [4.69, 9.17) is 4.74 Å². The molecule has 2 aliphatic rings. The Hall–Kier alpha value is -2.18. The number of methoxy groups -OCH3 is 1. The van der Waals surface area contributed by atoms with Gasteiger partial charge in [0.15, 0.2) is 5.65 Å². The summed E-state index contributed by atoms with van der Waals surface area (Å²) in [6.07, 6.45) is 7.33. The van der Waals surface area contributed by atoms with E-state index in [2.05, 4.69) is 20.0 Å². The largest absolute Gasteiger partial charge is 0.468 e. The Kier molecular flexibility index (Phi) is 3.20. The van der Waals surface area contributed by atoms with Gasteiger partial charge in [-0.05, 0) is 24.7 Å². The summed E-state index contributed by atoms with van der Waals surface area (Å²) < 4.78 is 6.27. The highest BCUT2D eigenvalue weighted by Gasteiger charge is 2.37. The number of rotatable bonds is 3. The van der Waals surface area contributed by atoms with Gasteiger partial charge >= 0.3 is 5.97 Å². The van der Waals surface area contributed by atoms with E-state index in [1.54, 1.807) is 17.2 Å². The Morgan fingerprint density at radius 3 is 2.82 bits per heavy atom. The predicted molar refractivity (Wildman–Crippen MR) is 80.4 cm³/mol. The first kappa shape index (κ1) is 13.5. The lowest BCUT2D eigenvalue weighted by Gasteiger charge is -2.18. The van der Waals surface area contributed by atoms with Crippen LogP contribution in [0.2, 0.25) is 0 Å². The summed E-state index contributed by atoms with van der Waals surface area (Å²) in [6, 6.07) is 0. The highest BCUT2D eigenvalue weighted by Crippen LogP contribution is 2.40. The topological polar surface area (TPSA) is 73.1 Å². The number of nitrogens with zero attached hydrogens (tertiary/aromatic N) is 5. The molecule has 0 spiro atoms. The molecule has 116 valence electrons. The first-order valence-corrected chi connectivity index (χ1v) is 7.74. The molecule has 0 radical (unpaired) electrons. The molecule has 0 N–H and O–H groups in total. The fourth-order valence-electron chi connectivity index (χ4n) is 3.84. The van der Waals surface area contributed by atoms with Crippen molar-refractivity contribution in [2.75, 3.05) is 25.1 Å². The number of carbonyl (C=O) groups excluding carboxylic acids is 1.